The van der Waals surface area contributed by atoms with Crippen LogP contribution >= 0.6 is 12.4 Å². The fraction of sp³-hybridized carbons (Fsp3) is 0.500. The number of likely N-dealkylation sites (tertiary alicyclic amines) is 1. The Morgan fingerprint density at radius 3 is 2.38 bits per heavy atom. The lowest BCUT2D eigenvalue weighted by molar-refractivity contribution is -0.130. The standard InChI is InChI=1S/C14H18F2N2O2.ClH/c1-8(19)18-4-3-10(13(17)7-18)14-11(15)5-9(20-2)6-12(14)16;/h5-6,10,13H,3-4,7,17H2,1-2H3;1H/t10-,13-;/m1./s1. The lowest BCUT2D eigenvalue weighted by Gasteiger charge is -2.36. The molecule has 21 heavy (non-hydrogen) atoms. The van der Waals surface area contributed by atoms with Crippen molar-refractivity contribution in [2.75, 3.05) is 20.2 Å². The van der Waals surface area contributed by atoms with E-state index in [2.05, 4.69) is 0 Å². The van der Waals surface area contributed by atoms with Gasteiger partial charge in [-0.05, 0) is 6.42 Å². The van der Waals surface area contributed by atoms with Crippen molar-refractivity contribution in [3.05, 3.63) is 29.3 Å². The maximum atomic E-state index is 14.1. The van der Waals surface area contributed by atoms with Crippen LogP contribution in [0.5, 0.6) is 5.75 Å². The molecule has 1 aliphatic rings. The van der Waals surface area contributed by atoms with Gasteiger partial charge in [0.1, 0.15) is 17.4 Å². The molecule has 0 saturated carbocycles. The molecule has 0 unspecified atom stereocenters. The SMILES string of the molecule is COc1cc(F)c([C@@H]2CCN(C(C)=O)C[C@H]2N)c(F)c1.Cl. The summed E-state index contributed by atoms with van der Waals surface area (Å²) in [5, 5.41) is 0. The number of ether oxygens (including phenoxy) is 1. The van der Waals surface area contributed by atoms with Gasteiger partial charge in [-0.15, -0.1) is 12.4 Å². The maximum absolute atomic E-state index is 14.1. The van der Waals surface area contributed by atoms with Gasteiger partial charge in [-0.2, -0.15) is 0 Å². The highest BCUT2D eigenvalue weighted by atomic mass is 35.5. The molecular weight excluding hydrogens is 302 g/mol. The third-order valence-corrected chi connectivity index (χ3v) is 3.76. The predicted octanol–water partition coefficient (Wildman–Crippen LogP) is 2.06. The molecule has 0 radical (unpaired) electrons. The summed E-state index contributed by atoms with van der Waals surface area (Å²) in [6, 6.07) is 1.83. The number of halogens is 3. The van der Waals surface area contributed by atoms with E-state index < -0.39 is 23.6 Å². The first-order valence-corrected chi connectivity index (χ1v) is 6.48. The molecule has 1 aromatic carbocycles. The molecule has 7 heteroatoms. The number of piperidine rings is 1. The lowest BCUT2D eigenvalue weighted by atomic mass is 9.85. The van der Waals surface area contributed by atoms with Gasteiger partial charge >= 0.3 is 0 Å². The molecule has 0 spiro atoms. The van der Waals surface area contributed by atoms with Crippen LogP contribution in [0.4, 0.5) is 8.78 Å². The zero-order valence-electron chi connectivity index (χ0n) is 11.9. The molecule has 1 saturated heterocycles. The molecule has 2 rings (SSSR count). The van der Waals surface area contributed by atoms with Crippen LogP contribution in [0.15, 0.2) is 12.1 Å². The Kier molecular flexibility index (Phi) is 5.92. The van der Waals surface area contributed by atoms with Crippen LogP contribution in [0.1, 0.15) is 24.8 Å². The van der Waals surface area contributed by atoms with E-state index in [9.17, 15) is 13.6 Å². The Hall–Kier alpha value is -1.40. The van der Waals surface area contributed by atoms with E-state index in [1.807, 2.05) is 0 Å². The molecule has 0 aromatic heterocycles. The van der Waals surface area contributed by atoms with Crippen molar-refractivity contribution in [3.63, 3.8) is 0 Å². The third-order valence-electron chi connectivity index (χ3n) is 3.76. The van der Waals surface area contributed by atoms with Gasteiger partial charge in [-0.1, -0.05) is 0 Å². The van der Waals surface area contributed by atoms with Gasteiger partial charge < -0.3 is 15.4 Å². The van der Waals surface area contributed by atoms with Crippen LogP contribution in [0.2, 0.25) is 0 Å². The molecule has 1 fully saturated rings. The van der Waals surface area contributed by atoms with E-state index in [1.165, 1.54) is 14.0 Å². The van der Waals surface area contributed by atoms with Crippen LogP contribution in [0, 0.1) is 11.6 Å². The molecule has 1 heterocycles. The summed E-state index contributed by atoms with van der Waals surface area (Å²) in [6.45, 7) is 2.23. The summed E-state index contributed by atoms with van der Waals surface area (Å²) < 4.78 is 32.9. The normalized spacial score (nSPS) is 21.7. The molecule has 1 aliphatic heterocycles. The van der Waals surface area contributed by atoms with E-state index >= 15 is 0 Å². The van der Waals surface area contributed by atoms with Gasteiger partial charge in [0.2, 0.25) is 5.91 Å². The van der Waals surface area contributed by atoms with Crippen LogP contribution in [0.25, 0.3) is 0 Å². The molecule has 0 bridgehead atoms. The van der Waals surface area contributed by atoms with Gasteiger partial charge in [-0.25, -0.2) is 8.78 Å². The Bertz CT molecular complexity index is 505. The number of nitrogens with zero attached hydrogens (tertiary/aromatic N) is 1. The quantitative estimate of drug-likeness (QED) is 0.907. The highest BCUT2D eigenvalue weighted by Gasteiger charge is 2.32. The van der Waals surface area contributed by atoms with E-state index in [1.54, 1.807) is 4.90 Å². The molecule has 118 valence electrons. The van der Waals surface area contributed by atoms with E-state index in [0.29, 0.717) is 19.5 Å². The molecule has 2 N–H and O–H groups in total. The molecule has 0 aliphatic carbocycles. The summed E-state index contributed by atoms with van der Waals surface area (Å²) >= 11 is 0. The number of benzene rings is 1. The number of hydrogen-bond donors (Lipinski definition) is 1. The van der Waals surface area contributed by atoms with Gasteiger partial charge in [0.25, 0.3) is 0 Å². The van der Waals surface area contributed by atoms with Crippen LogP contribution in [-0.4, -0.2) is 37.0 Å². The molecule has 1 amide bonds. The second-order valence-corrected chi connectivity index (χ2v) is 5.03. The van der Waals surface area contributed by atoms with Crippen molar-refractivity contribution in [2.24, 2.45) is 5.73 Å². The predicted molar refractivity (Wildman–Crippen MR) is 77.7 cm³/mol. The van der Waals surface area contributed by atoms with Crippen LogP contribution in [-0.2, 0) is 4.79 Å². The smallest absolute Gasteiger partial charge is 0.219 e. The Labute approximate surface area is 128 Å². The van der Waals surface area contributed by atoms with Gasteiger partial charge in [0.15, 0.2) is 0 Å². The second-order valence-electron chi connectivity index (χ2n) is 5.03. The Morgan fingerprint density at radius 1 is 1.38 bits per heavy atom. The van der Waals surface area contributed by atoms with Crippen molar-refractivity contribution < 1.29 is 18.3 Å². The summed E-state index contributed by atoms with van der Waals surface area (Å²) in [7, 11) is 1.35. The highest BCUT2D eigenvalue weighted by Crippen LogP contribution is 2.33. The number of hydrogen-bond acceptors (Lipinski definition) is 3. The topological polar surface area (TPSA) is 55.6 Å². The number of methoxy groups -OCH3 is 1. The first-order chi connectivity index (χ1) is 9.43. The number of rotatable bonds is 2. The van der Waals surface area contributed by atoms with Crippen molar-refractivity contribution in [2.45, 2.75) is 25.3 Å². The van der Waals surface area contributed by atoms with Crippen LogP contribution < -0.4 is 10.5 Å². The molecule has 2 atom stereocenters. The largest absolute Gasteiger partial charge is 0.497 e. The average molecular weight is 321 g/mol. The first-order valence-electron chi connectivity index (χ1n) is 6.48. The molecule has 4 nitrogen and oxygen atoms in total. The Balaban J connectivity index is 0.00000220. The van der Waals surface area contributed by atoms with Crippen molar-refractivity contribution in [1.82, 2.24) is 4.90 Å². The fourth-order valence-electron chi connectivity index (χ4n) is 2.66. The fourth-order valence-corrected chi connectivity index (χ4v) is 2.66. The van der Waals surface area contributed by atoms with Gasteiger partial charge in [0, 0.05) is 49.7 Å². The lowest BCUT2D eigenvalue weighted by Crippen LogP contribution is -2.49. The summed E-state index contributed by atoms with van der Waals surface area (Å²) in [6.07, 6.45) is 0.445. The monoisotopic (exact) mass is 320 g/mol. The van der Waals surface area contributed by atoms with E-state index in [4.69, 9.17) is 10.5 Å². The number of carbonyl (C=O) groups is 1. The summed E-state index contributed by atoms with van der Waals surface area (Å²) in [5.41, 5.74) is 5.98. The Morgan fingerprint density at radius 2 is 1.95 bits per heavy atom. The highest BCUT2D eigenvalue weighted by molar-refractivity contribution is 5.85. The third kappa shape index (κ3) is 3.63. The van der Waals surface area contributed by atoms with E-state index in [-0.39, 0.29) is 29.6 Å². The number of amides is 1. The van der Waals surface area contributed by atoms with Crippen molar-refractivity contribution in [1.29, 1.82) is 0 Å². The zero-order valence-corrected chi connectivity index (χ0v) is 12.8. The summed E-state index contributed by atoms with van der Waals surface area (Å²) in [5.74, 6) is -1.68. The zero-order chi connectivity index (χ0) is 14.9. The van der Waals surface area contributed by atoms with Crippen molar-refractivity contribution >= 4 is 18.3 Å². The first kappa shape index (κ1) is 17.7. The van der Waals surface area contributed by atoms with Crippen LogP contribution in [0.3, 0.4) is 0 Å². The average Bonchev–Trinajstić information content (AvgIpc) is 2.39. The summed E-state index contributed by atoms with van der Waals surface area (Å²) in [4.78, 5) is 12.9. The second kappa shape index (κ2) is 7.04. The molecule has 1 aromatic rings. The minimum atomic E-state index is -0.654. The number of carbonyl (C=O) groups excluding carboxylic acids is 1. The van der Waals surface area contributed by atoms with Crippen molar-refractivity contribution in [3.8, 4) is 5.75 Å². The minimum Gasteiger partial charge on any atom is -0.497 e. The maximum Gasteiger partial charge on any atom is 0.219 e. The van der Waals surface area contributed by atoms with Gasteiger partial charge in [0.05, 0.1) is 7.11 Å². The number of nitrogens with two attached hydrogens (primary N) is 1. The molecular formula is C14H19ClF2N2O2. The van der Waals surface area contributed by atoms with Gasteiger partial charge in [-0.3, -0.25) is 4.79 Å². The minimum absolute atomic E-state index is 0. The van der Waals surface area contributed by atoms with E-state index in [0.717, 1.165) is 12.1 Å².